The first kappa shape index (κ1) is 18.5. The molecule has 30 heavy (non-hydrogen) atoms. The molecule has 1 aliphatic rings. The van der Waals surface area contributed by atoms with Crippen LogP contribution in [0.15, 0.2) is 52.9 Å². The highest BCUT2D eigenvalue weighted by molar-refractivity contribution is 5.97. The topological polar surface area (TPSA) is 98.7 Å². The Kier molecular flexibility index (Phi) is 4.74. The minimum absolute atomic E-state index is 0.0837. The SMILES string of the molecule is Cc1nc2ccc(C(=O)NC3CCC(n4nnc(-c5ccccc5)n4)CC3)cc2o1. The Bertz CT molecular complexity index is 1170. The molecule has 2 heterocycles. The van der Waals surface area contributed by atoms with Gasteiger partial charge in [-0.15, -0.1) is 10.2 Å². The van der Waals surface area contributed by atoms with Crippen molar-refractivity contribution in [1.29, 1.82) is 0 Å². The second kappa shape index (κ2) is 7.70. The molecule has 0 aliphatic heterocycles. The van der Waals surface area contributed by atoms with E-state index in [1.807, 2.05) is 36.4 Å². The van der Waals surface area contributed by atoms with Crippen molar-refractivity contribution in [2.24, 2.45) is 0 Å². The van der Waals surface area contributed by atoms with Gasteiger partial charge < -0.3 is 9.73 Å². The molecule has 2 aromatic carbocycles. The van der Waals surface area contributed by atoms with Gasteiger partial charge in [0, 0.05) is 24.1 Å². The number of aromatic nitrogens is 5. The Labute approximate surface area is 173 Å². The highest BCUT2D eigenvalue weighted by atomic mass is 16.3. The molecule has 152 valence electrons. The summed E-state index contributed by atoms with van der Waals surface area (Å²) in [6.45, 7) is 1.80. The smallest absolute Gasteiger partial charge is 0.251 e. The Hall–Kier alpha value is -3.55. The summed E-state index contributed by atoms with van der Waals surface area (Å²) in [5.41, 5.74) is 2.95. The van der Waals surface area contributed by atoms with Gasteiger partial charge >= 0.3 is 0 Å². The van der Waals surface area contributed by atoms with E-state index in [1.54, 1.807) is 23.9 Å². The normalized spacial score (nSPS) is 19.1. The molecule has 4 aromatic rings. The van der Waals surface area contributed by atoms with Gasteiger partial charge in [0.15, 0.2) is 11.5 Å². The molecule has 8 heteroatoms. The van der Waals surface area contributed by atoms with Gasteiger partial charge in [-0.2, -0.15) is 4.80 Å². The number of hydrogen-bond donors (Lipinski definition) is 1. The van der Waals surface area contributed by atoms with Gasteiger partial charge in [0.1, 0.15) is 5.52 Å². The third-order valence-electron chi connectivity index (χ3n) is 5.58. The van der Waals surface area contributed by atoms with Crippen LogP contribution in [0.25, 0.3) is 22.5 Å². The van der Waals surface area contributed by atoms with E-state index in [2.05, 4.69) is 25.7 Å². The van der Waals surface area contributed by atoms with E-state index in [1.165, 1.54) is 0 Å². The van der Waals surface area contributed by atoms with Crippen molar-refractivity contribution in [2.45, 2.75) is 44.7 Å². The molecule has 0 spiro atoms. The zero-order valence-corrected chi connectivity index (χ0v) is 16.7. The molecule has 1 N–H and O–H groups in total. The maximum atomic E-state index is 12.7. The lowest BCUT2D eigenvalue weighted by molar-refractivity contribution is 0.0920. The second-order valence-electron chi connectivity index (χ2n) is 7.69. The largest absolute Gasteiger partial charge is 0.441 e. The van der Waals surface area contributed by atoms with E-state index in [0.29, 0.717) is 22.9 Å². The number of benzene rings is 2. The molecule has 5 rings (SSSR count). The number of aryl methyl sites for hydroxylation is 1. The zero-order valence-electron chi connectivity index (χ0n) is 16.7. The number of hydrogen-bond acceptors (Lipinski definition) is 6. The molecule has 1 aliphatic carbocycles. The number of carbonyl (C=O) groups is 1. The monoisotopic (exact) mass is 402 g/mol. The zero-order chi connectivity index (χ0) is 20.5. The summed E-state index contributed by atoms with van der Waals surface area (Å²) in [4.78, 5) is 18.7. The van der Waals surface area contributed by atoms with Crippen molar-refractivity contribution in [3.63, 3.8) is 0 Å². The van der Waals surface area contributed by atoms with Crippen molar-refractivity contribution in [2.75, 3.05) is 0 Å². The summed E-state index contributed by atoms with van der Waals surface area (Å²) in [5, 5.41) is 16.1. The summed E-state index contributed by atoms with van der Waals surface area (Å²) in [6, 6.07) is 15.5. The van der Waals surface area contributed by atoms with E-state index < -0.39 is 0 Å². The van der Waals surface area contributed by atoms with Crippen molar-refractivity contribution in [3.8, 4) is 11.4 Å². The van der Waals surface area contributed by atoms with Crippen LogP contribution in [0.1, 0.15) is 48.0 Å². The fourth-order valence-corrected chi connectivity index (χ4v) is 3.98. The fraction of sp³-hybridized carbons (Fsp3) is 0.318. The highest BCUT2D eigenvalue weighted by Gasteiger charge is 2.26. The first-order chi connectivity index (χ1) is 14.7. The molecule has 8 nitrogen and oxygen atoms in total. The van der Waals surface area contributed by atoms with E-state index in [4.69, 9.17) is 4.42 Å². The highest BCUT2D eigenvalue weighted by Crippen LogP contribution is 2.28. The Morgan fingerprint density at radius 2 is 1.90 bits per heavy atom. The molecule has 1 fully saturated rings. The van der Waals surface area contributed by atoms with Crippen LogP contribution in [-0.2, 0) is 0 Å². The van der Waals surface area contributed by atoms with Gasteiger partial charge in [0.2, 0.25) is 5.82 Å². The maximum Gasteiger partial charge on any atom is 0.251 e. The summed E-state index contributed by atoms with van der Waals surface area (Å²) in [5.74, 6) is 1.15. The predicted molar refractivity (Wildman–Crippen MR) is 111 cm³/mol. The van der Waals surface area contributed by atoms with Crippen LogP contribution in [0, 0.1) is 6.92 Å². The third kappa shape index (κ3) is 3.68. The standard InChI is InChI=1S/C22H22N6O2/c1-14-23-19-12-7-16(13-20(19)30-14)22(29)24-17-8-10-18(11-9-17)28-26-21(25-27-28)15-5-3-2-4-6-15/h2-7,12-13,17-18H,8-11H2,1H3,(H,24,29). The molecule has 0 saturated heterocycles. The summed E-state index contributed by atoms with van der Waals surface area (Å²) in [7, 11) is 0. The number of oxazole rings is 1. The quantitative estimate of drug-likeness (QED) is 0.559. The van der Waals surface area contributed by atoms with E-state index in [-0.39, 0.29) is 18.0 Å². The number of nitrogens with one attached hydrogen (secondary N) is 1. The van der Waals surface area contributed by atoms with E-state index in [9.17, 15) is 4.79 Å². The molecule has 1 saturated carbocycles. The average Bonchev–Trinajstić information content (AvgIpc) is 3.40. The van der Waals surface area contributed by atoms with Crippen LogP contribution < -0.4 is 5.32 Å². The number of amides is 1. The Morgan fingerprint density at radius 1 is 1.10 bits per heavy atom. The number of carbonyl (C=O) groups excluding carboxylic acids is 1. The number of tetrazole rings is 1. The average molecular weight is 402 g/mol. The molecule has 0 radical (unpaired) electrons. The molecule has 0 bridgehead atoms. The second-order valence-corrected chi connectivity index (χ2v) is 7.69. The molecule has 0 atom stereocenters. The Balaban J connectivity index is 1.19. The number of nitrogens with zero attached hydrogens (tertiary/aromatic N) is 5. The van der Waals surface area contributed by atoms with Gasteiger partial charge in [0.25, 0.3) is 5.91 Å². The predicted octanol–water partition coefficient (Wildman–Crippen LogP) is 3.70. The van der Waals surface area contributed by atoms with Crippen molar-refractivity contribution < 1.29 is 9.21 Å². The Morgan fingerprint density at radius 3 is 2.70 bits per heavy atom. The van der Waals surface area contributed by atoms with Gasteiger partial charge in [-0.05, 0) is 49.1 Å². The third-order valence-corrected chi connectivity index (χ3v) is 5.58. The number of fused-ring (bicyclic) bond motifs is 1. The van der Waals surface area contributed by atoms with Crippen LogP contribution in [-0.4, -0.2) is 37.1 Å². The number of rotatable bonds is 4. The van der Waals surface area contributed by atoms with Crippen LogP contribution in [0.5, 0.6) is 0 Å². The van der Waals surface area contributed by atoms with Crippen LogP contribution in [0.2, 0.25) is 0 Å². The molecular formula is C22H22N6O2. The van der Waals surface area contributed by atoms with Gasteiger partial charge in [-0.1, -0.05) is 30.3 Å². The van der Waals surface area contributed by atoms with Gasteiger partial charge in [-0.25, -0.2) is 4.98 Å². The van der Waals surface area contributed by atoms with Crippen molar-refractivity contribution in [3.05, 3.63) is 60.0 Å². The van der Waals surface area contributed by atoms with Crippen molar-refractivity contribution >= 4 is 17.0 Å². The fourth-order valence-electron chi connectivity index (χ4n) is 3.98. The minimum atomic E-state index is -0.0837. The van der Waals surface area contributed by atoms with E-state index >= 15 is 0 Å². The molecular weight excluding hydrogens is 380 g/mol. The summed E-state index contributed by atoms with van der Waals surface area (Å²) < 4.78 is 5.53. The minimum Gasteiger partial charge on any atom is -0.441 e. The molecule has 0 unspecified atom stereocenters. The molecule has 1 amide bonds. The van der Waals surface area contributed by atoms with Crippen LogP contribution in [0.4, 0.5) is 0 Å². The lowest BCUT2D eigenvalue weighted by Gasteiger charge is -2.28. The lowest BCUT2D eigenvalue weighted by atomic mass is 9.91. The molecule has 2 aromatic heterocycles. The van der Waals surface area contributed by atoms with Crippen LogP contribution >= 0.6 is 0 Å². The first-order valence-corrected chi connectivity index (χ1v) is 10.2. The van der Waals surface area contributed by atoms with Crippen LogP contribution in [0.3, 0.4) is 0 Å². The summed E-state index contributed by atoms with van der Waals surface area (Å²) in [6.07, 6.45) is 3.55. The van der Waals surface area contributed by atoms with Gasteiger partial charge in [0.05, 0.1) is 6.04 Å². The first-order valence-electron chi connectivity index (χ1n) is 10.2. The lowest BCUT2D eigenvalue weighted by Crippen LogP contribution is -2.38. The van der Waals surface area contributed by atoms with Gasteiger partial charge in [-0.3, -0.25) is 4.79 Å². The summed E-state index contributed by atoms with van der Waals surface area (Å²) >= 11 is 0. The van der Waals surface area contributed by atoms with E-state index in [0.717, 1.165) is 36.8 Å². The van der Waals surface area contributed by atoms with Crippen molar-refractivity contribution in [1.82, 2.24) is 30.5 Å². The maximum absolute atomic E-state index is 12.7.